The van der Waals surface area contributed by atoms with Crippen molar-refractivity contribution in [2.45, 2.75) is 6.54 Å². The first-order chi connectivity index (χ1) is 12.7. The standard InChI is InChI=1S/C20H17N3O3/c24-18-11-15(14-4-3-6-21-12-14)10-16-13-23(8-9-26-19(16)18)20(25)17-5-1-2-7-22-17/h1-7,10-12,24H,8-9,13H2. The Bertz CT molecular complexity index is 930. The molecule has 0 fully saturated rings. The number of phenolic OH excluding ortho intramolecular Hbond substituents is 1. The van der Waals surface area contributed by atoms with Crippen LogP contribution in [0, 0.1) is 0 Å². The second-order valence-corrected chi connectivity index (χ2v) is 6.02. The third-order valence-electron chi connectivity index (χ3n) is 4.28. The monoisotopic (exact) mass is 347 g/mol. The number of nitrogens with zero attached hydrogens (tertiary/aromatic N) is 3. The highest BCUT2D eigenvalue weighted by Gasteiger charge is 2.24. The normalized spacial score (nSPS) is 13.5. The zero-order valence-electron chi connectivity index (χ0n) is 14.0. The molecule has 0 bridgehead atoms. The summed E-state index contributed by atoms with van der Waals surface area (Å²) in [6.45, 7) is 1.07. The molecule has 3 aromatic rings. The van der Waals surface area contributed by atoms with Crippen LogP contribution >= 0.6 is 0 Å². The predicted octanol–water partition coefficient (Wildman–Crippen LogP) is 2.88. The molecule has 4 rings (SSSR count). The number of rotatable bonds is 2. The highest BCUT2D eigenvalue weighted by Crippen LogP contribution is 2.37. The van der Waals surface area contributed by atoms with Gasteiger partial charge in [-0.1, -0.05) is 12.1 Å². The lowest BCUT2D eigenvalue weighted by atomic mass is 10.0. The number of phenols is 1. The van der Waals surface area contributed by atoms with Gasteiger partial charge in [-0.05, 0) is 35.9 Å². The minimum Gasteiger partial charge on any atom is -0.504 e. The number of hydrogen-bond donors (Lipinski definition) is 1. The summed E-state index contributed by atoms with van der Waals surface area (Å²) in [5.74, 6) is 0.329. The highest BCUT2D eigenvalue weighted by atomic mass is 16.5. The fourth-order valence-electron chi connectivity index (χ4n) is 3.02. The van der Waals surface area contributed by atoms with Crippen LogP contribution in [0.25, 0.3) is 11.1 Å². The van der Waals surface area contributed by atoms with E-state index in [-0.39, 0.29) is 11.7 Å². The molecule has 1 aliphatic rings. The maximum Gasteiger partial charge on any atom is 0.272 e. The second kappa shape index (κ2) is 6.84. The Labute approximate surface area is 150 Å². The van der Waals surface area contributed by atoms with Crippen molar-refractivity contribution in [3.8, 4) is 22.6 Å². The number of ether oxygens (including phenoxy) is 1. The van der Waals surface area contributed by atoms with Gasteiger partial charge in [-0.25, -0.2) is 0 Å². The zero-order chi connectivity index (χ0) is 17.9. The molecule has 0 spiro atoms. The minimum atomic E-state index is -0.159. The van der Waals surface area contributed by atoms with Crippen molar-refractivity contribution >= 4 is 5.91 Å². The molecular weight excluding hydrogens is 330 g/mol. The molecule has 6 nitrogen and oxygen atoms in total. The van der Waals surface area contributed by atoms with Crippen molar-refractivity contribution in [3.05, 3.63) is 72.3 Å². The first-order valence-electron chi connectivity index (χ1n) is 8.32. The number of benzene rings is 1. The molecule has 1 aliphatic heterocycles. The number of pyridine rings is 2. The van der Waals surface area contributed by atoms with Crippen LogP contribution in [-0.4, -0.2) is 39.0 Å². The van der Waals surface area contributed by atoms with E-state index in [0.717, 1.165) is 16.7 Å². The SMILES string of the molecule is O=C(c1ccccn1)N1CCOc2c(O)cc(-c3cccnc3)cc2C1. The maximum atomic E-state index is 12.7. The third kappa shape index (κ3) is 3.09. The molecule has 6 heteroatoms. The number of carbonyl (C=O) groups is 1. The van der Waals surface area contributed by atoms with E-state index in [9.17, 15) is 9.90 Å². The van der Waals surface area contributed by atoms with Crippen LogP contribution in [0.2, 0.25) is 0 Å². The summed E-state index contributed by atoms with van der Waals surface area (Å²) in [4.78, 5) is 22.7. The summed E-state index contributed by atoms with van der Waals surface area (Å²) in [5, 5.41) is 10.4. The van der Waals surface area contributed by atoms with Gasteiger partial charge < -0.3 is 14.7 Å². The van der Waals surface area contributed by atoms with Gasteiger partial charge in [0.15, 0.2) is 11.5 Å². The summed E-state index contributed by atoms with van der Waals surface area (Å²) in [6.07, 6.45) is 5.03. The van der Waals surface area contributed by atoms with E-state index in [1.54, 1.807) is 47.8 Å². The molecule has 3 heterocycles. The van der Waals surface area contributed by atoms with E-state index >= 15 is 0 Å². The molecule has 0 saturated carbocycles. The summed E-state index contributed by atoms with van der Waals surface area (Å²) < 4.78 is 5.71. The van der Waals surface area contributed by atoms with Gasteiger partial charge in [-0.15, -0.1) is 0 Å². The van der Waals surface area contributed by atoms with Gasteiger partial charge in [-0.2, -0.15) is 0 Å². The van der Waals surface area contributed by atoms with Gasteiger partial charge in [-0.3, -0.25) is 14.8 Å². The van der Waals surface area contributed by atoms with Gasteiger partial charge in [0.05, 0.1) is 6.54 Å². The van der Waals surface area contributed by atoms with Gasteiger partial charge >= 0.3 is 0 Å². The van der Waals surface area contributed by atoms with Crippen molar-refractivity contribution in [2.75, 3.05) is 13.2 Å². The fourth-order valence-corrected chi connectivity index (χ4v) is 3.02. The van der Waals surface area contributed by atoms with Crippen molar-refractivity contribution < 1.29 is 14.6 Å². The van der Waals surface area contributed by atoms with E-state index < -0.39 is 0 Å². The molecule has 0 unspecified atom stereocenters. The molecule has 2 aromatic heterocycles. The fraction of sp³-hybridized carbons (Fsp3) is 0.150. The Balaban J connectivity index is 1.69. The average Bonchev–Trinajstić information content (AvgIpc) is 2.91. The van der Waals surface area contributed by atoms with Crippen LogP contribution in [-0.2, 0) is 6.54 Å². The quantitative estimate of drug-likeness (QED) is 0.771. The number of hydrogen-bond acceptors (Lipinski definition) is 5. The zero-order valence-corrected chi connectivity index (χ0v) is 14.0. The molecule has 1 N–H and O–H groups in total. The van der Waals surface area contributed by atoms with Crippen LogP contribution in [0.1, 0.15) is 16.1 Å². The molecule has 0 aliphatic carbocycles. The predicted molar refractivity (Wildman–Crippen MR) is 95.8 cm³/mol. The first kappa shape index (κ1) is 16.1. The van der Waals surface area contributed by atoms with Crippen LogP contribution in [0.15, 0.2) is 61.1 Å². The molecule has 130 valence electrons. The largest absolute Gasteiger partial charge is 0.504 e. The third-order valence-corrected chi connectivity index (χ3v) is 4.28. The lowest BCUT2D eigenvalue weighted by Crippen LogP contribution is -2.32. The number of aromatic hydroxyl groups is 1. The Morgan fingerprint density at radius 3 is 2.81 bits per heavy atom. The van der Waals surface area contributed by atoms with Crippen LogP contribution in [0.3, 0.4) is 0 Å². The Morgan fingerprint density at radius 2 is 2.04 bits per heavy atom. The maximum absolute atomic E-state index is 12.7. The highest BCUT2D eigenvalue weighted by molar-refractivity contribution is 5.92. The molecule has 1 amide bonds. The molecule has 0 radical (unpaired) electrons. The van der Waals surface area contributed by atoms with E-state index in [1.807, 2.05) is 18.2 Å². The first-order valence-corrected chi connectivity index (χ1v) is 8.32. The molecular formula is C20H17N3O3. The molecule has 0 atom stereocenters. The van der Waals surface area contributed by atoms with Gasteiger partial charge in [0, 0.05) is 36.3 Å². The van der Waals surface area contributed by atoms with Crippen LogP contribution < -0.4 is 4.74 Å². The summed E-state index contributed by atoms with van der Waals surface area (Å²) in [5.41, 5.74) is 2.86. The number of carbonyl (C=O) groups excluding carboxylic acids is 1. The van der Waals surface area contributed by atoms with Crippen LogP contribution in [0.4, 0.5) is 0 Å². The topological polar surface area (TPSA) is 75.6 Å². The minimum absolute atomic E-state index is 0.0634. The van der Waals surface area contributed by atoms with Crippen molar-refractivity contribution in [3.63, 3.8) is 0 Å². The van der Waals surface area contributed by atoms with Gasteiger partial charge in [0.25, 0.3) is 5.91 Å². The Kier molecular flexibility index (Phi) is 4.23. The Morgan fingerprint density at radius 1 is 1.12 bits per heavy atom. The summed E-state index contributed by atoms with van der Waals surface area (Å²) in [7, 11) is 0. The van der Waals surface area contributed by atoms with Crippen molar-refractivity contribution in [1.82, 2.24) is 14.9 Å². The van der Waals surface area contributed by atoms with E-state index in [0.29, 0.717) is 31.1 Å². The summed E-state index contributed by atoms with van der Waals surface area (Å²) >= 11 is 0. The van der Waals surface area contributed by atoms with E-state index in [1.165, 1.54) is 0 Å². The lowest BCUT2D eigenvalue weighted by molar-refractivity contribution is 0.0727. The van der Waals surface area contributed by atoms with Gasteiger partial charge in [0.2, 0.25) is 0 Å². The van der Waals surface area contributed by atoms with Crippen molar-refractivity contribution in [1.29, 1.82) is 0 Å². The van der Waals surface area contributed by atoms with Crippen LogP contribution in [0.5, 0.6) is 11.5 Å². The van der Waals surface area contributed by atoms with E-state index in [4.69, 9.17) is 4.74 Å². The molecule has 26 heavy (non-hydrogen) atoms. The molecule has 0 saturated heterocycles. The molecule has 1 aromatic carbocycles. The van der Waals surface area contributed by atoms with Gasteiger partial charge in [0.1, 0.15) is 12.3 Å². The Hall–Kier alpha value is -3.41. The summed E-state index contributed by atoms with van der Waals surface area (Å²) in [6, 6.07) is 12.6. The smallest absolute Gasteiger partial charge is 0.272 e. The van der Waals surface area contributed by atoms with E-state index in [2.05, 4.69) is 9.97 Å². The number of fused-ring (bicyclic) bond motifs is 1. The second-order valence-electron chi connectivity index (χ2n) is 6.02. The average molecular weight is 347 g/mol. The number of amides is 1. The number of aromatic nitrogens is 2. The van der Waals surface area contributed by atoms with Crippen molar-refractivity contribution in [2.24, 2.45) is 0 Å². The lowest BCUT2D eigenvalue weighted by Gasteiger charge is -2.19.